The SMILES string of the molecule is CCCN(C(=O)c1ccc(OC(F)(F)F)c(N)c1)C1CC1. The van der Waals surface area contributed by atoms with Crippen LogP contribution in [0.1, 0.15) is 36.5 Å². The van der Waals surface area contributed by atoms with Gasteiger partial charge in [-0.15, -0.1) is 13.2 Å². The fourth-order valence-corrected chi connectivity index (χ4v) is 2.14. The molecular formula is C14H17F3N2O2. The highest BCUT2D eigenvalue weighted by Crippen LogP contribution is 2.31. The van der Waals surface area contributed by atoms with Crippen molar-refractivity contribution in [3.05, 3.63) is 23.8 Å². The molecule has 2 N–H and O–H groups in total. The van der Waals surface area contributed by atoms with Crippen molar-refractivity contribution in [2.45, 2.75) is 38.6 Å². The van der Waals surface area contributed by atoms with E-state index >= 15 is 0 Å². The summed E-state index contributed by atoms with van der Waals surface area (Å²) in [5.74, 6) is -0.697. The lowest BCUT2D eigenvalue weighted by molar-refractivity contribution is -0.274. The standard InChI is InChI=1S/C14H17F3N2O2/c1-2-7-19(10-4-5-10)13(20)9-3-6-12(11(18)8-9)21-14(15,16)17/h3,6,8,10H,2,4-5,7,18H2,1H3. The lowest BCUT2D eigenvalue weighted by atomic mass is 10.1. The van der Waals surface area contributed by atoms with Crippen molar-refractivity contribution in [2.24, 2.45) is 0 Å². The van der Waals surface area contributed by atoms with E-state index in [1.54, 1.807) is 4.90 Å². The predicted molar refractivity (Wildman–Crippen MR) is 71.9 cm³/mol. The van der Waals surface area contributed by atoms with Crippen molar-refractivity contribution in [1.82, 2.24) is 4.90 Å². The molecule has 4 nitrogen and oxygen atoms in total. The van der Waals surface area contributed by atoms with Crippen LogP contribution in [0.15, 0.2) is 18.2 Å². The van der Waals surface area contributed by atoms with Crippen molar-refractivity contribution >= 4 is 11.6 Å². The maximum atomic E-state index is 12.4. The van der Waals surface area contributed by atoms with Gasteiger partial charge in [0.25, 0.3) is 5.91 Å². The number of nitrogen functional groups attached to an aromatic ring is 1. The minimum absolute atomic E-state index is 0.203. The summed E-state index contributed by atoms with van der Waals surface area (Å²) >= 11 is 0. The van der Waals surface area contributed by atoms with Crippen LogP contribution in [0.4, 0.5) is 18.9 Å². The summed E-state index contributed by atoms with van der Waals surface area (Å²) in [6.45, 7) is 2.60. The number of amides is 1. The first-order valence-corrected chi connectivity index (χ1v) is 6.78. The average molecular weight is 302 g/mol. The molecule has 21 heavy (non-hydrogen) atoms. The summed E-state index contributed by atoms with van der Waals surface area (Å²) in [4.78, 5) is 14.1. The number of rotatable bonds is 5. The maximum absolute atomic E-state index is 12.4. The van der Waals surface area contributed by atoms with Crippen molar-refractivity contribution < 1.29 is 22.7 Å². The van der Waals surface area contributed by atoms with Crippen molar-refractivity contribution in [3.63, 3.8) is 0 Å². The van der Waals surface area contributed by atoms with Crippen molar-refractivity contribution in [1.29, 1.82) is 0 Å². The van der Waals surface area contributed by atoms with Crippen molar-refractivity contribution in [2.75, 3.05) is 12.3 Å². The second kappa shape index (κ2) is 5.83. The van der Waals surface area contributed by atoms with Gasteiger partial charge in [0.1, 0.15) is 0 Å². The number of anilines is 1. The van der Waals surface area contributed by atoms with E-state index in [1.807, 2.05) is 6.92 Å². The lowest BCUT2D eigenvalue weighted by Crippen LogP contribution is -2.33. The van der Waals surface area contributed by atoms with Crippen molar-refractivity contribution in [3.8, 4) is 5.75 Å². The fraction of sp³-hybridized carbons (Fsp3) is 0.500. The Morgan fingerprint density at radius 2 is 2.10 bits per heavy atom. The molecule has 0 spiro atoms. The smallest absolute Gasteiger partial charge is 0.404 e. The van der Waals surface area contributed by atoms with Gasteiger partial charge in [0, 0.05) is 18.2 Å². The quantitative estimate of drug-likeness (QED) is 0.850. The molecule has 0 aliphatic heterocycles. The number of ether oxygens (including phenoxy) is 1. The van der Waals surface area contributed by atoms with Gasteiger partial charge in [0.05, 0.1) is 5.69 Å². The molecule has 1 saturated carbocycles. The van der Waals surface area contributed by atoms with E-state index in [9.17, 15) is 18.0 Å². The maximum Gasteiger partial charge on any atom is 0.573 e. The minimum atomic E-state index is -4.80. The molecule has 1 amide bonds. The van der Waals surface area contributed by atoms with E-state index in [0.29, 0.717) is 6.54 Å². The van der Waals surface area contributed by atoms with Gasteiger partial charge < -0.3 is 15.4 Å². The average Bonchev–Trinajstić information content (AvgIpc) is 3.20. The molecule has 0 heterocycles. The summed E-state index contributed by atoms with van der Waals surface area (Å²) in [7, 11) is 0. The van der Waals surface area contributed by atoms with Gasteiger partial charge >= 0.3 is 6.36 Å². The van der Waals surface area contributed by atoms with E-state index in [0.717, 1.165) is 25.3 Å². The van der Waals surface area contributed by atoms with Crippen LogP contribution in [0, 0.1) is 0 Å². The molecule has 1 fully saturated rings. The molecule has 7 heteroatoms. The summed E-state index contributed by atoms with van der Waals surface area (Å²) in [6, 6.07) is 3.86. The van der Waals surface area contributed by atoms with Gasteiger partial charge in [0.2, 0.25) is 0 Å². The summed E-state index contributed by atoms with van der Waals surface area (Å²) in [5, 5.41) is 0. The number of benzene rings is 1. The number of alkyl halides is 3. The number of carbonyl (C=O) groups is 1. The van der Waals surface area contributed by atoms with E-state index in [1.165, 1.54) is 12.1 Å². The highest BCUT2D eigenvalue weighted by molar-refractivity contribution is 5.95. The molecule has 1 aromatic carbocycles. The number of hydrogen-bond donors (Lipinski definition) is 1. The molecule has 1 aliphatic rings. The van der Waals surface area contributed by atoms with E-state index < -0.39 is 12.1 Å². The lowest BCUT2D eigenvalue weighted by Gasteiger charge is -2.22. The monoisotopic (exact) mass is 302 g/mol. The fourth-order valence-electron chi connectivity index (χ4n) is 2.14. The predicted octanol–water partition coefficient (Wildman–Crippen LogP) is 3.18. The molecular weight excluding hydrogens is 285 g/mol. The highest BCUT2D eigenvalue weighted by Gasteiger charge is 2.34. The minimum Gasteiger partial charge on any atom is -0.404 e. The van der Waals surface area contributed by atoms with Crippen LogP contribution < -0.4 is 10.5 Å². The van der Waals surface area contributed by atoms with Gasteiger partial charge in [-0.05, 0) is 37.5 Å². The molecule has 0 aromatic heterocycles. The third-order valence-corrected chi connectivity index (χ3v) is 3.20. The third kappa shape index (κ3) is 4.03. The molecule has 0 saturated heterocycles. The number of nitrogens with zero attached hydrogens (tertiary/aromatic N) is 1. The van der Waals surface area contributed by atoms with Gasteiger partial charge in [-0.2, -0.15) is 0 Å². The Balaban J connectivity index is 2.16. The first kappa shape index (κ1) is 15.5. The van der Waals surface area contributed by atoms with E-state index in [-0.39, 0.29) is 23.2 Å². The Kier molecular flexibility index (Phi) is 4.29. The van der Waals surface area contributed by atoms with Gasteiger partial charge in [0.15, 0.2) is 5.75 Å². The Bertz CT molecular complexity index is 527. The van der Waals surface area contributed by atoms with Gasteiger partial charge in [-0.3, -0.25) is 4.79 Å². The van der Waals surface area contributed by atoms with Gasteiger partial charge in [-0.25, -0.2) is 0 Å². The van der Waals surface area contributed by atoms with E-state index in [2.05, 4.69) is 4.74 Å². The van der Waals surface area contributed by atoms with Crippen LogP contribution >= 0.6 is 0 Å². The third-order valence-electron chi connectivity index (χ3n) is 3.20. The van der Waals surface area contributed by atoms with Crippen LogP contribution in [0.25, 0.3) is 0 Å². The number of halogens is 3. The summed E-state index contributed by atoms with van der Waals surface area (Å²) < 4.78 is 40.3. The Morgan fingerprint density at radius 1 is 1.43 bits per heavy atom. The number of nitrogens with two attached hydrogens (primary N) is 1. The molecule has 0 unspecified atom stereocenters. The zero-order valence-corrected chi connectivity index (χ0v) is 11.6. The van der Waals surface area contributed by atoms with Crippen LogP contribution in [0.5, 0.6) is 5.75 Å². The van der Waals surface area contributed by atoms with Crippen LogP contribution in [-0.2, 0) is 0 Å². The second-order valence-corrected chi connectivity index (χ2v) is 5.03. The van der Waals surface area contributed by atoms with E-state index in [4.69, 9.17) is 5.73 Å². The summed E-state index contributed by atoms with van der Waals surface area (Å²) in [5.41, 5.74) is 5.61. The zero-order valence-electron chi connectivity index (χ0n) is 11.6. The Labute approximate surface area is 120 Å². The molecule has 0 bridgehead atoms. The second-order valence-electron chi connectivity index (χ2n) is 5.03. The number of hydrogen-bond acceptors (Lipinski definition) is 3. The normalized spacial score (nSPS) is 14.9. The Hall–Kier alpha value is -1.92. The molecule has 0 radical (unpaired) electrons. The Morgan fingerprint density at radius 3 is 2.57 bits per heavy atom. The van der Waals surface area contributed by atoms with Crippen LogP contribution in [0.3, 0.4) is 0 Å². The first-order chi connectivity index (χ1) is 9.81. The highest BCUT2D eigenvalue weighted by atomic mass is 19.4. The molecule has 2 rings (SSSR count). The topological polar surface area (TPSA) is 55.6 Å². The molecule has 1 aliphatic carbocycles. The van der Waals surface area contributed by atoms with Crippen LogP contribution in [0.2, 0.25) is 0 Å². The summed E-state index contributed by atoms with van der Waals surface area (Å²) in [6.07, 6.45) is -2.04. The van der Waals surface area contributed by atoms with Crippen LogP contribution in [-0.4, -0.2) is 29.8 Å². The molecule has 1 aromatic rings. The number of carbonyl (C=O) groups excluding carboxylic acids is 1. The molecule has 0 atom stereocenters. The largest absolute Gasteiger partial charge is 0.573 e. The zero-order chi connectivity index (χ0) is 15.6. The van der Waals surface area contributed by atoms with Gasteiger partial charge in [-0.1, -0.05) is 6.92 Å². The molecule has 116 valence electrons. The first-order valence-electron chi connectivity index (χ1n) is 6.78.